The van der Waals surface area contributed by atoms with Gasteiger partial charge in [-0.05, 0) is 6.07 Å². The van der Waals surface area contributed by atoms with Crippen LogP contribution in [0.4, 0.5) is 4.39 Å². The first-order valence-electron chi connectivity index (χ1n) is 2.64. The maximum Gasteiger partial charge on any atom is 0.511 e. The van der Waals surface area contributed by atoms with Crippen LogP contribution >= 0.6 is 12.9 Å². The smallest absolute Gasteiger partial charge is 0.296 e. The van der Waals surface area contributed by atoms with E-state index < -0.39 is 18.2 Å². The Kier molecular flexibility index (Phi) is 2.95. The highest BCUT2D eigenvalue weighted by molar-refractivity contribution is 9.23. The summed E-state index contributed by atoms with van der Waals surface area (Å²) < 4.78 is 13.4. The maximum atomic E-state index is 12.6. The van der Waals surface area contributed by atoms with Crippen molar-refractivity contribution in [1.82, 2.24) is 0 Å². The number of benzene rings is 1. The Labute approximate surface area is 69.0 Å². The summed E-state index contributed by atoms with van der Waals surface area (Å²) in [7, 11) is 0. The summed E-state index contributed by atoms with van der Waals surface area (Å²) in [6.45, 7) is 0. The van der Waals surface area contributed by atoms with Crippen LogP contribution in [0.1, 0.15) is 0 Å². The van der Waals surface area contributed by atoms with Gasteiger partial charge in [-0.15, -0.1) is 3.69 Å². The van der Waals surface area contributed by atoms with Crippen LogP contribution in [0.5, 0.6) is 0 Å². The zero-order valence-electron chi connectivity index (χ0n) is 4.77. The molecule has 9 heavy (non-hydrogen) atoms. The molecule has 1 aromatic rings. The molecule has 1 aromatic carbocycles. The molecule has 0 saturated carbocycles. The molecule has 0 aliphatic rings. The van der Waals surface area contributed by atoms with Crippen LogP contribution in [0.2, 0.25) is 0 Å². The molecule has 44 valence electrons. The summed E-state index contributed by atoms with van der Waals surface area (Å²) in [5.74, 6) is -0.0824. The summed E-state index contributed by atoms with van der Waals surface area (Å²) in [4.78, 5) is 0. The van der Waals surface area contributed by atoms with Gasteiger partial charge in [0.2, 0.25) is 0 Å². The van der Waals surface area contributed by atoms with Crippen LogP contribution in [0.15, 0.2) is 24.3 Å². The molecule has 0 saturated heterocycles. The lowest BCUT2D eigenvalue weighted by molar-refractivity contribution is 0.636. The molecule has 0 bridgehead atoms. The number of rotatable bonds is 1. The van der Waals surface area contributed by atoms with Crippen molar-refractivity contribution in [3.63, 3.8) is 0 Å². The van der Waals surface area contributed by atoms with Gasteiger partial charge in [-0.1, -0.05) is 18.2 Å². The van der Waals surface area contributed by atoms with Gasteiger partial charge in [-0.25, -0.2) is 4.39 Å². The first kappa shape index (κ1) is 7.50. The summed E-state index contributed by atoms with van der Waals surface area (Å²) in [6, 6.07) is 6.86. The van der Waals surface area contributed by atoms with Crippen LogP contribution < -0.4 is 3.69 Å². The minimum absolute atomic E-state index is 0.0824. The summed E-state index contributed by atoms with van der Waals surface area (Å²) in [6.07, 6.45) is 0. The van der Waals surface area contributed by atoms with Gasteiger partial charge >= 0.3 is 18.2 Å². The van der Waals surface area contributed by atoms with E-state index in [2.05, 4.69) is 12.9 Å². The second-order valence-corrected chi connectivity index (χ2v) is 4.44. The van der Waals surface area contributed by atoms with Gasteiger partial charge in [0.05, 0.1) is 5.82 Å². The summed E-state index contributed by atoms with van der Waals surface area (Å²) >= 11 is 2.81. The van der Waals surface area contributed by atoms with E-state index in [1.807, 2.05) is 12.1 Å². The van der Waals surface area contributed by atoms with E-state index in [-0.39, 0.29) is 5.82 Å². The molecule has 0 aliphatic heterocycles. The van der Waals surface area contributed by atoms with Gasteiger partial charge < -0.3 is 0 Å². The Morgan fingerprint density at radius 1 is 1.33 bits per heavy atom. The van der Waals surface area contributed by atoms with Crippen molar-refractivity contribution >= 4 is 34.8 Å². The lowest BCUT2D eigenvalue weighted by atomic mass is 10.3. The Morgan fingerprint density at radius 2 is 2.00 bits per heavy atom. The fraction of sp³-hybridized carbons (Fsp3) is 0. The maximum absolute atomic E-state index is 12.6. The molecule has 0 radical (unpaired) electrons. The lowest BCUT2D eigenvalue weighted by Crippen LogP contribution is -2.11. The lowest BCUT2D eigenvalue weighted by Gasteiger charge is -1.93. The highest BCUT2D eigenvalue weighted by Gasteiger charge is 1.98. The number of halogens is 2. The van der Waals surface area contributed by atoms with Gasteiger partial charge in [-0.3, -0.25) is 12.9 Å². The molecule has 0 unspecified atom stereocenters. The van der Waals surface area contributed by atoms with Gasteiger partial charge in [0.25, 0.3) is 0 Å². The van der Waals surface area contributed by atoms with Gasteiger partial charge in [0.1, 0.15) is 0 Å². The van der Waals surface area contributed by atoms with E-state index >= 15 is 0 Å². The third kappa shape index (κ3) is 1.91. The average molecular weight is 199 g/mol. The first-order valence-corrected chi connectivity index (χ1v) is 7.24. The Hall–Kier alpha value is 0.396. The van der Waals surface area contributed by atoms with Crippen molar-refractivity contribution in [3.8, 4) is 0 Å². The molecule has 0 N–H and O–H groups in total. The van der Waals surface area contributed by atoms with Crippen molar-refractivity contribution in [3.05, 3.63) is 30.1 Å². The fourth-order valence-corrected chi connectivity index (χ4v) is 2.44. The normalized spacial score (nSPS) is 8.67. The quantitative estimate of drug-likeness (QED) is 0.601. The number of hydrogen-bond donors (Lipinski definition) is 0. The monoisotopic (exact) mass is 198 g/mol. The molecule has 0 aliphatic carbocycles. The molecule has 0 heterocycles. The van der Waals surface area contributed by atoms with Crippen molar-refractivity contribution < 1.29 is 4.39 Å². The van der Waals surface area contributed by atoms with E-state index in [0.717, 1.165) is 3.69 Å². The van der Waals surface area contributed by atoms with Crippen molar-refractivity contribution in [2.45, 2.75) is 0 Å². The third-order valence-electron chi connectivity index (χ3n) is 1.10. The molecule has 0 aromatic heterocycles. The molecule has 0 nitrogen and oxygen atoms in total. The minimum atomic E-state index is -0.500. The van der Waals surface area contributed by atoms with Crippen LogP contribution in [0.25, 0.3) is 0 Å². The van der Waals surface area contributed by atoms with Crippen LogP contribution in [0, 0.1) is 5.82 Å². The van der Waals surface area contributed by atoms with Gasteiger partial charge in [0.15, 0.2) is 0 Å². The zero-order chi connectivity index (χ0) is 6.69. The van der Waals surface area contributed by atoms with E-state index in [0.29, 0.717) is 0 Å². The van der Waals surface area contributed by atoms with E-state index in [4.69, 9.17) is 0 Å². The molecular formula is C6H4BrFMg. The first-order chi connectivity index (χ1) is 4.34. The Morgan fingerprint density at radius 3 is 2.44 bits per heavy atom. The average Bonchev–Trinajstić information content (AvgIpc) is 1.89. The molecule has 0 fully saturated rings. The summed E-state index contributed by atoms with van der Waals surface area (Å²) in [5.41, 5.74) is 0. The Balaban J connectivity index is 3.01. The van der Waals surface area contributed by atoms with Crippen molar-refractivity contribution in [2.24, 2.45) is 0 Å². The number of hydrogen-bond acceptors (Lipinski definition) is 0. The standard InChI is InChI=1S/C6H4F.BrH.Mg/c7-6-4-2-1-3-5-6;;/h1-4H;1H;/q;;+1/p-1. The fourth-order valence-electron chi connectivity index (χ4n) is 0.607. The second-order valence-electron chi connectivity index (χ2n) is 1.73. The van der Waals surface area contributed by atoms with E-state index in [9.17, 15) is 4.39 Å². The predicted octanol–water partition coefficient (Wildman–Crippen LogP) is 1.47. The molecule has 3 heteroatoms. The molecule has 0 atom stereocenters. The topological polar surface area (TPSA) is 0 Å². The highest BCUT2D eigenvalue weighted by atomic mass is 79.9. The summed E-state index contributed by atoms with van der Waals surface area (Å²) in [5, 5.41) is 0. The van der Waals surface area contributed by atoms with E-state index in [1.54, 1.807) is 6.07 Å². The van der Waals surface area contributed by atoms with Crippen LogP contribution in [-0.4, -0.2) is 18.2 Å². The molecular weight excluding hydrogens is 195 g/mol. The predicted molar refractivity (Wildman–Crippen MR) is 40.7 cm³/mol. The zero-order valence-corrected chi connectivity index (χ0v) is 7.77. The highest BCUT2D eigenvalue weighted by Crippen LogP contribution is 1.92. The van der Waals surface area contributed by atoms with Gasteiger partial charge in [-0.2, -0.15) is 0 Å². The minimum Gasteiger partial charge on any atom is -0.296 e. The molecule has 0 amide bonds. The molecule has 0 spiro atoms. The third-order valence-corrected chi connectivity index (χ3v) is 3.78. The Bertz CT molecular complexity index is 202. The van der Waals surface area contributed by atoms with E-state index in [1.165, 1.54) is 6.07 Å². The van der Waals surface area contributed by atoms with Crippen molar-refractivity contribution in [1.29, 1.82) is 0 Å². The second kappa shape index (κ2) is 3.54. The van der Waals surface area contributed by atoms with Gasteiger partial charge in [0, 0.05) is 0 Å². The SMILES string of the molecule is Fc1cccc[c]1[Mg][Br]. The largest absolute Gasteiger partial charge is 0.511 e. The molecule has 1 rings (SSSR count). The van der Waals surface area contributed by atoms with Crippen molar-refractivity contribution in [2.75, 3.05) is 0 Å². The van der Waals surface area contributed by atoms with Crippen LogP contribution in [-0.2, 0) is 0 Å². The van der Waals surface area contributed by atoms with Crippen LogP contribution in [0.3, 0.4) is 0 Å².